The van der Waals surface area contributed by atoms with Gasteiger partial charge in [0.05, 0.1) is 0 Å². The minimum absolute atomic E-state index is 0.405. The van der Waals surface area contributed by atoms with Crippen LogP contribution in [0.15, 0.2) is 36.6 Å². The number of nitrogens with one attached hydrogen (secondary N) is 1. The normalized spacial score (nSPS) is 16.5. The second-order valence-electron chi connectivity index (χ2n) is 3.69. The van der Waals surface area contributed by atoms with Crippen molar-refractivity contribution in [1.29, 1.82) is 0 Å². The van der Waals surface area contributed by atoms with Gasteiger partial charge < -0.3 is 10.4 Å². The third-order valence-electron chi connectivity index (χ3n) is 2.54. The van der Waals surface area contributed by atoms with Gasteiger partial charge in [-0.05, 0) is 31.9 Å². The maximum absolute atomic E-state index is 11.7. The van der Waals surface area contributed by atoms with Gasteiger partial charge in [0.15, 0.2) is 0 Å². The van der Waals surface area contributed by atoms with Crippen LogP contribution in [0.25, 0.3) is 0 Å². The fraction of sp³-hybridized carbons (Fsp3) is 0.429. The molecule has 1 aliphatic carbocycles. The summed E-state index contributed by atoms with van der Waals surface area (Å²) in [6.45, 7) is 9.40. The predicted molar refractivity (Wildman–Crippen MR) is 71.9 cm³/mol. The van der Waals surface area contributed by atoms with Crippen LogP contribution in [0.5, 0.6) is 0 Å². The van der Waals surface area contributed by atoms with Crippen molar-refractivity contribution in [3.63, 3.8) is 0 Å². The first kappa shape index (κ1) is 16.2. The first-order chi connectivity index (χ1) is 8.56. The van der Waals surface area contributed by atoms with Gasteiger partial charge in [0, 0.05) is 5.70 Å². The van der Waals surface area contributed by atoms with Crippen molar-refractivity contribution >= 4 is 11.9 Å². The van der Waals surface area contributed by atoms with Gasteiger partial charge in [-0.25, -0.2) is 0 Å². The maximum Gasteiger partial charge on any atom is 0.319 e. The minimum Gasteiger partial charge on any atom is -0.480 e. The fourth-order valence-electron chi connectivity index (χ4n) is 1.27. The molecular formula is C14H21NO3. The van der Waals surface area contributed by atoms with Gasteiger partial charge in [-0.1, -0.05) is 32.6 Å². The zero-order chi connectivity index (χ0) is 14.2. The maximum atomic E-state index is 11.7. The number of hydrogen-bond donors (Lipinski definition) is 2. The predicted octanol–water partition coefficient (Wildman–Crippen LogP) is 2.64. The Balaban J connectivity index is 0.00000137. The monoisotopic (exact) mass is 251 g/mol. The van der Waals surface area contributed by atoms with Crippen molar-refractivity contribution < 1.29 is 14.7 Å². The van der Waals surface area contributed by atoms with Crippen LogP contribution in [0, 0.1) is 5.41 Å². The van der Waals surface area contributed by atoms with Crippen LogP contribution in [0.4, 0.5) is 0 Å². The molecule has 1 rings (SSSR count). The van der Waals surface area contributed by atoms with E-state index in [1.165, 1.54) is 6.08 Å². The second-order valence-corrected chi connectivity index (χ2v) is 3.69. The lowest BCUT2D eigenvalue weighted by Crippen LogP contribution is -2.36. The molecule has 2 N–H and O–H groups in total. The molecule has 4 nitrogen and oxygen atoms in total. The molecule has 0 aromatic rings. The van der Waals surface area contributed by atoms with Gasteiger partial charge >= 0.3 is 5.97 Å². The zero-order valence-corrected chi connectivity index (χ0v) is 11.2. The van der Waals surface area contributed by atoms with Crippen molar-refractivity contribution in [1.82, 2.24) is 5.32 Å². The Kier molecular flexibility index (Phi) is 6.71. The summed E-state index contributed by atoms with van der Waals surface area (Å²) in [5, 5.41) is 11.5. The van der Waals surface area contributed by atoms with Gasteiger partial charge in [-0.2, -0.15) is 0 Å². The molecule has 18 heavy (non-hydrogen) atoms. The van der Waals surface area contributed by atoms with Gasteiger partial charge in [-0.3, -0.25) is 9.59 Å². The van der Waals surface area contributed by atoms with E-state index in [1.807, 2.05) is 20.8 Å². The molecule has 0 radical (unpaired) electrons. The quantitative estimate of drug-likeness (QED) is 0.583. The molecule has 1 aliphatic rings. The third-order valence-corrected chi connectivity index (χ3v) is 2.54. The number of carboxylic acids is 1. The Morgan fingerprint density at radius 1 is 1.33 bits per heavy atom. The number of allylic oxidation sites excluding steroid dienone is 4. The average molecular weight is 251 g/mol. The number of carbonyl (C=O) groups is 2. The molecule has 100 valence electrons. The van der Waals surface area contributed by atoms with Crippen LogP contribution in [0.3, 0.4) is 0 Å². The van der Waals surface area contributed by atoms with Crippen molar-refractivity contribution in [3.8, 4) is 0 Å². The highest BCUT2D eigenvalue weighted by atomic mass is 16.4. The van der Waals surface area contributed by atoms with E-state index >= 15 is 0 Å². The minimum atomic E-state index is -1.21. The smallest absolute Gasteiger partial charge is 0.319 e. The van der Waals surface area contributed by atoms with E-state index in [-0.39, 0.29) is 0 Å². The fourth-order valence-corrected chi connectivity index (χ4v) is 1.27. The van der Waals surface area contributed by atoms with Crippen LogP contribution < -0.4 is 5.32 Å². The summed E-state index contributed by atoms with van der Waals surface area (Å²) in [5.74, 6) is -1.52. The van der Waals surface area contributed by atoms with Crippen LogP contribution in [-0.2, 0) is 9.59 Å². The first-order valence-electron chi connectivity index (χ1n) is 6.07. The number of aliphatic carboxylic acids is 1. The number of rotatable bonds is 5. The second kappa shape index (κ2) is 7.48. The van der Waals surface area contributed by atoms with Gasteiger partial charge in [-0.15, -0.1) is 0 Å². The third kappa shape index (κ3) is 3.87. The number of amides is 1. The number of carboxylic acid groups (broad SMARTS) is 1. The highest BCUT2D eigenvalue weighted by molar-refractivity contribution is 6.05. The summed E-state index contributed by atoms with van der Waals surface area (Å²) in [6.07, 6.45) is 7.51. The molecule has 4 heteroatoms. The van der Waals surface area contributed by atoms with Crippen LogP contribution in [-0.4, -0.2) is 17.0 Å². The van der Waals surface area contributed by atoms with E-state index < -0.39 is 17.3 Å². The lowest BCUT2D eigenvalue weighted by atomic mass is 10.1. The Bertz CT molecular complexity index is 377. The summed E-state index contributed by atoms with van der Waals surface area (Å²) >= 11 is 0. The Morgan fingerprint density at radius 3 is 2.22 bits per heavy atom. The van der Waals surface area contributed by atoms with Gasteiger partial charge in [0.1, 0.15) is 5.41 Å². The lowest BCUT2D eigenvalue weighted by Gasteiger charge is -2.10. The first-order valence-corrected chi connectivity index (χ1v) is 6.07. The van der Waals surface area contributed by atoms with E-state index in [0.29, 0.717) is 18.5 Å². The number of carbonyl (C=O) groups excluding carboxylic acids is 1. The molecule has 0 bridgehead atoms. The van der Waals surface area contributed by atoms with Crippen LogP contribution >= 0.6 is 0 Å². The SMILES string of the molecule is C=C/C(=C\C=C/C)NC(=O)C1(C(=O)O)CC1.CC. The van der Waals surface area contributed by atoms with E-state index in [9.17, 15) is 9.59 Å². The summed E-state index contributed by atoms with van der Waals surface area (Å²) in [7, 11) is 0. The number of hydrogen-bond acceptors (Lipinski definition) is 2. The van der Waals surface area contributed by atoms with E-state index in [1.54, 1.807) is 18.2 Å². The topological polar surface area (TPSA) is 66.4 Å². The largest absolute Gasteiger partial charge is 0.480 e. The van der Waals surface area contributed by atoms with Crippen LogP contribution in [0.2, 0.25) is 0 Å². The standard InChI is InChI=1S/C12H15NO3.C2H6/c1-3-5-6-9(4-2)13-10(14)12(7-8-12)11(15)16;1-2/h3-6H,2,7-8H2,1H3,(H,13,14)(H,15,16);1-2H3/b5-3-,9-6+;. The Morgan fingerprint density at radius 2 is 1.89 bits per heavy atom. The van der Waals surface area contributed by atoms with Crippen molar-refractivity contribution in [3.05, 3.63) is 36.6 Å². The van der Waals surface area contributed by atoms with Crippen molar-refractivity contribution in [2.45, 2.75) is 33.6 Å². The van der Waals surface area contributed by atoms with Gasteiger partial charge in [0.2, 0.25) is 5.91 Å². The molecular weight excluding hydrogens is 230 g/mol. The summed E-state index contributed by atoms with van der Waals surface area (Å²) < 4.78 is 0. The van der Waals surface area contributed by atoms with E-state index in [4.69, 9.17) is 5.11 Å². The Labute approximate surface area is 108 Å². The highest BCUT2D eigenvalue weighted by Gasteiger charge is 2.57. The summed E-state index contributed by atoms with van der Waals surface area (Å²) in [5.41, 5.74) is -0.700. The van der Waals surface area contributed by atoms with Crippen molar-refractivity contribution in [2.24, 2.45) is 5.41 Å². The van der Waals surface area contributed by atoms with E-state index in [0.717, 1.165) is 0 Å². The van der Waals surface area contributed by atoms with E-state index in [2.05, 4.69) is 11.9 Å². The molecule has 1 fully saturated rings. The molecule has 0 aromatic carbocycles. The summed E-state index contributed by atoms with van der Waals surface area (Å²) in [4.78, 5) is 22.6. The molecule has 0 saturated heterocycles. The molecule has 0 atom stereocenters. The van der Waals surface area contributed by atoms with Gasteiger partial charge in [0.25, 0.3) is 0 Å². The summed E-state index contributed by atoms with van der Waals surface area (Å²) in [6, 6.07) is 0. The molecule has 0 aliphatic heterocycles. The molecule has 0 spiro atoms. The highest BCUT2D eigenvalue weighted by Crippen LogP contribution is 2.46. The lowest BCUT2D eigenvalue weighted by molar-refractivity contribution is -0.148. The molecule has 0 aromatic heterocycles. The Hall–Kier alpha value is -1.84. The molecule has 0 unspecified atom stereocenters. The molecule has 0 heterocycles. The average Bonchev–Trinajstić information content (AvgIpc) is 3.18. The zero-order valence-electron chi connectivity index (χ0n) is 11.2. The van der Waals surface area contributed by atoms with Crippen molar-refractivity contribution in [2.75, 3.05) is 0 Å². The van der Waals surface area contributed by atoms with Crippen LogP contribution in [0.1, 0.15) is 33.6 Å². The molecule has 1 amide bonds. The molecule has 1 saturated carbocycles.